The van der Waals surface area contributed by atoms with E-state index in [2.05, 4.69) is 10.5 Å². The number of non-ortho nitro benzene ring substituents is 2. The van der Waals surface area contributed by atoms with E-state index in [1.54, 1.807) is 37.3 Å². The Morgan fingerprint density at radius 3 is 2.31 bits per heavy atom. The Labute approximate surface area is 198 Å². The average Bonchev–Trinajstić information content (AvgIpc) is 2.84. The van der Waals surface area contributed by atoms with Crippen molar-refractivity contribution in [3.05, 3.63) is 97.6 Å². The smallest absolute Gasteiger partial charge is 0.275 e. The predicted octanol–water partition coefficient (Wildman–Crippen LogP) is 3.95. The summed E-state index contributed by atoms with van der Waals surface area (Å²) in [6.45, 7) is 2.32. The topological polar surface area (TPSA) is 166 Å². The Morgan fingerprint density at radius 2 is 1.66 bits per heavy atom. The van der Waals surface area contributed by atoms with Crippen LogP contribution >= 0.6 is 0 Å². The van der Waals surface area contributed by atoms with Crippen molar-refractivity contribution in [3.63, 3.8) is 0 Å². The molecule has 1 amide bonds. The first-order valence-corrected chi connectivity index (χ1v) is 10.2. The molecule has 0 aliphatic heterocycles. The van der Waals surface area contributed by atoms with Gasteiger partial charge in [-0.1, -0.05) is 0 Å². The summed E-state index contributed by atoms with van der Waals surface area (Å²) in [5, 5.41) is 35.3. The number of carbonyl (C=O) groups excluding carboxylic acids is 1. The van der Waals surface area contributed by atoms with Crippen molar-refractivity contribution in [3.8, 4) is 17.2 Å². The maximum atomic E-state index is 12.2. The highest BCUT2D eigenvalue weighted by Gasteiger charge is 2.16. The Hall–Kier alpha value is -5.00. The van der Waals surface area contributed by atoms with Crippen LogP contribution in [-0.4, -0.2) is 33.7 Å². The molecule has 0 spiro atoms. The van der Waals surface area contributed by atoms with Crippen LogP contribution in [0, 0.1) is 20.2 Å². The number of carbonyl (C=O) groups is 1. The fourth-order valence-electron chi connectivity index (χ4n) is 2.91. The number of ether oxygens (including phenoxy) is 2. The first-order valence-electron chi connectivity index (χ1n) is 10.2. The van der Waals surface area contributed by atoms with Crippen molar-refractivity contribution in [2.24, 2.45) is 5.10 Å². The third-order valence-electron chi connectivity index (χ3n) is 4.62. The first-order chi connectivity index (χ1) is 16.8. The largest absolute Gasteiger partial charge is 0.507 e. The minimum absolute atomic E-state index is 0.0137. The molecule has 35 heavy (non-hydrogen) atoms. The minimum Gasteiger partial charge on any atom is -0.507 e. The molecule has 0 aliphatic carbocycles. The van der Waals surface area contributed by atoms with Crippen LogP contribution in [0.1, 0.15) is 28.4 Å². The molecule has 12 heteroatoms. The summed E-state index contributed by atoms with van der Waals surface area (Å²) in [6.07, 6.45) is 1.33. The lowest BCUT2D eigenvalue weighted by Gasteiger charge is -2.12. The summed E-state index contributed by atoms with van der Waals surface area (Å²) in [5.74, 6) is -0.388. The van der Waals surface area contributed by atoms with E-state index < -0.39 is 21.5 Å². The monoisotopic (exact) mass is 480 g/mol. The van der Waals surface area contributed by atoms with Crippen LogP contribution in [0.3, 0.4) is 0 Å². The molecule has 3 aromatic carbocycles. The molecule has 0 fully saturated rings. The summed E-state index contributed by atoms with van der Waals surface area (Å²) in [7, 11) is 0. The van der Waals surface area contributed by atoms with Crippen molar-refractivity contribution in [1.82, 2.24) is 5.43 Å². The van der Waals surface area contributed by atoms with Gasteiger partial charge in [0.25, 0.3) is 17.3 Å². The highest BCUT2D eigenvalue weighted by atomic mass is 16.6. The quantitative estimate of drug-likeness (QED) is 0.250. The van der Waals surface area contributed by atoms with Gasteiger partial charge in [-0.3, -0.25) is 25.0 Å². The maximum Gasteiger partial charge on any atom is 0.275 e. The van der Waals surface area contributed by atoms with Gasteiger partial charge in [0.15, 0.2) is 11.5 Å². The molecular weight excluding hydrogens is 460 g/mol. The number of hydrogen-bond acceptors (Lipinski definition) is 9. The van der Waals surface area contributed by atoms with E-state index in [9.17, 15) is 30.1 Å². The SMILES string of the molecule is CCOc1cc(C=NNC(=O)c2cc([N+](=O)[O-])ccc2O)ccc1OCc1ccc([N+](=O)[O-])cc1. The van der Waals surface area contributed by atoms with Gasteiger partial charge in [-0.05, 0) is 54.4 Å². The van der Waals surface area contributed by atoms with Gasteiger partial charge in [-0.25, -0.2) is 5.43 Å². The Kier molecular flexibility index (Phi) is 7.90. The van der Waals surface area contributed by atoms with Gasteiger partial charge in [0, 0.05) is 24.3 Å². The molecule has 0 unspecified atom stereocenters. The van der Waals surface area contributed by atoms with Crippen LogP contribution in [0.4, 0.5) is 11.4 Å². The van der Waals surface area contributed by atoms with E-state index in [0.717, 1.165) is 23.8 Å². The Bertz CT molecular complexity index is 1280. The van der Waals surface area contributed by atoms with Crippen molar-refractivity contribution >= 4 is 23.5 Å². The van der Waals surface area contributed by atoms with Gasteiger partial charge in [0.1, 0.15) is 12.4 Å². The van der Waals surface area contributed by atoms with Crippen LogP contribution in [0.2, 0.25) is 0 Å². The molecule has 3 rings (SSSR count). The second kappa shape index (κ2) is 11.2. The number of phenols is 1. The zero-order valence-corrected chi connectivity index (χ0v) is 18.4. The molecule has 0 atom stereocenters. The van der Waals surface area contributed by atoms with E-state index in [1.807, 2.05) is 0 Å². The molecule has 2 N–H and O–H groups in total. The van der Waals surface area contributed by atoms with Gasteiger partial charge >= 0.3 is 0 Å². The number of amides is 1. The summed E-state index contributed by atoms with van der Waals surface area (Å²) in [6, 6.07) is 14.0. The number of nitro groups is 2. The highest BCUT2D eigenvalue weighted by molar-refractivity contribution is 5.98. The number of hydrazone groups is 1. The molecule has 0 bridgehead atoms. The Balaban J connectivity index is 1.67. The van der Waals surface area contributed by atoms with Crippen molar-refractivity contribution < 1.29 is 29.2 Å². The highest BCUT2D eigenvalue weighted by Crippen LogP contribution is 2.29. The molecule has 3 aromatic rings. The fourth-order valence-corrected chi connectivity index (χ4v) is 2.91. The van der Waals surface area contributed by atoms with Crippen LogP contribution in [0.15, 0.2) is 65.8 Å². The van der Waals surface area contributed by atoms with Gasteiger partial charge < -0.3 is 14.6 Å². The number of aromatic hydroxyl groups is 1. The lowest BCUT2D eigenvalue weighted by molar-refractivity contribution is -0.385. The number of hydrogen-bond donors (Lipinski definition) is 2. The van der Waals surface area contributed by atoms with Crippen LogP contribution < -0.4 is 14.9 Å². The molecule has 0 heterocycles. The normalized spacial score (nSPS) is 10.7. The second-order valence-corrected chi connectivity index (χ2v) is 7.01. The predicted molar refractivity (Wildman–Crippen MR) is 125 cm³/mol. The van der Waals surface area contributed by atoms with E-state index >= 15 is 0 Å². The van der Waals surface area contributed by atoms with E-state index in [4.69, 9.17) is 9.47 Å². The summed E-state index contributed by atoms with van der Waals surface area (Å²) in [5.41, 5.74) is 2.85. The standard InChI is InChI=1S/C23H20N4O8/c1-2-34-22-11-16(5-10-21(22)35-14-15-3-6-17(7-4-15)26(30)31)13-24-25-23(29)19-12-18(27(32)33)8-9-20(19)28/h3-13,28H,2,14H2,1H3,(H,25,29). The molecule has 0 aromatic heterocycles. The van der Waals surface area contributed by atoms with E-state index in [0.29, 0.717) is 23.7 Å². The molecule has 0 saturated heterocycles. The number of nitro benzene ring substituents is 2. The summed E-state index contributed by atoms with van der Waals surface area (Å²) < 4.78 is 11.4. The molecule has 180 valence electrons. The molecule has 12 nitrogen and oxygen atoms in total. The lowest BCUT2D eigenvalue weighted by Crippen LogP contribution is -2.18. The lowest BCUT2D eigenvalue weighted by atomic mass is 10.1. The molecule has 0 radical (unpaired) electrons. The third kappa shape index (κ3) is 6.51. The molecular formula is C23H20N4O8. The van der Waals surface area contributed by atoms with E-state index in [1.165, 1.54) is 18.3 Å². The second-order valence-electron chi connectivity index (χ2n) is 7.01. The number of rotatable bonds is 10. The van der Waals surface area contributed by atoms with Crippen molar-refractivity contribution in [1.29, 1.82) is 0 Å². The van der Waals surface area contributed by atoms with Crippen LogP contribution in [-0.2, 0) is 6.61 Å². The molecule has 0 saturated carbocycles. The van der Waals surface area contributed by atoms with Gasteiger partial charge in [0.2, 0.25) is 0 Å². The third-order valence-corrected chi connectivity index (χ3v) is 4.62. The van der Waals surface area contributed by atoms with Gasteiger partial charge in [-0.2, -0.15) is 5.10 Å². The summed E-state index contributed by atoms with van der Waals surface area (Å²) >= 11 is 0. The maximum absolute atomic E-state index is 12.2. The summed E-state index contributed by atoms with van der Waals surface area (Å²) in [4.78, 5) is 32.7. The number of benzene rings is 3. The Morgan fingerprint density at radius 1 is 0.971 bits per heavy atom. The fraction of sp³-hybridized carbons (Fsp3) is 0.130. The van der Waals surface area contributed by atoms with Gasteiger partial charge in [0.05, 0.1) is 28.2 Å². The van der Waals surface area contributed by atoms with Crippen LogP contribution in [0.5, 0.6) is 17.2 Å². The zero-order chi connectivity index (χ0) is 25.4. The van der Waals surface area contributed by atoms with Gasteiger partial charge in [-0.15, -0.1) is 0 Å². The van der Waals surface area contributed by atoms with Crippen molar-refractivity contribution in [2.45, 2.75) is 13.5 Å². The number of phenolic OH excluding ortho intramolecular Hbond substituents is 1. The number of nitrogens with zero attached hydrogens (tertiary/aromatic N) is 3. The van der Waals surface area contributed by atoms with E-state index in [-0.39, 0.29) is 23.5 Å². The number of nitrogens with one attached hydrogen (secondary N) is 1. The zero-order valence-electron chi connectivity index (χ0n) is 18.4. The van der Waals surface area contributed by atoms with Crippen LogP contribution in [0.25, 0.3) is 0 Å². The minimum atomic E-state index is -0.824. The van der Waals surface area contributed by atoms with Crippen molar-refractivity contribution in [2.75, 3.05) is 6.61 Å². The average molecular weight is 480 g/mol. The first kappa shape index (κ1) is 24.6. The molecule has 0 aliphatic rings.